The van der Waals surface area contributed by atoms with Crippen molar-refractivity contribution in [3.8, 4) is 0 Å². The Kier molecular flexibility index (Phi) is 29.1. The molecule has 2 aliphatic rings. The summed E-state index contributed by atoms with van der Waals surface area (Å²) >= 11 is 0. The van der Waals surface area contributed by atoms with Gasteiger partial charge in [0.2, 0.25) is 11.8 Å². The molecule has 3 aromatic carbocycles. The summed E-state index contributed by atoms with van der Waals surface area (Å²) in [5, 5.41) is 9.32. The van der Waals surface area contributed by atoms with Crippen LogP contribution in [0.4, 0.5) is 0 Å². The van der Waals surface area contributed by atoms with Gasteiger partial charge < -0.3 is 53.3 Å². The van der Waals surface area contributed by atoms with E-state index in [2.05, 4.69) is 20.7 Å². The van der Waals surface area contributed by atoms with Crippen molar-refractivity contribution in [2.45, 2.75) is 187 Å². The number of nitrogens with one attached hydrogen (secondary N) is 2. The third-order valence-electron chi connectivity index (χ3n) is 13.5. The number of rotatable bonds is 35. The normalized spacial score (nSPS) is 23.1. The molecule has 2 fully saturated rings. The summed E-state index contributed by atoms with van der Waals surface area (Å²) in [5.74, 6) is -4.52. The molecule has 3 aromatic rings. The second kappa shape index (κ2) is 35.8. The Morgan fingerprint density at radius 3 is 1.51 bits per heavy atom. The minimum Gasteiger partial charge on any atom is -0.462 e. The summed E-state index contributed by atoms with van der Waals surface area (Å²) in [6.45, 7) is 10.0. The van der Waals surface area contributed by atoms with Crippen molar-refractivity contribution >= 4 is 43.5 Å². The zero-order valence-corrected chi connectivity index (χ0v) is 49.1. The summed E-state index contributed by atoms with van der Waals surface area (Å²) < 4.78 is 89.8. The fraction of sp³-hybridized carbons (Fsp3) is 0.586. The van der Waals surface area contributed by atoms with Gasteiger partial charge in [0, 0.05) is 43.1 Å². The predicted molar refractivity (Wildman–Crippen MR) is 298 cm³/mol. The second-order valence-electron chi connectivity index (χ2n) is 19.6. The number of hydrogen-bond acceptors (Lipinski definition) is 20. The summed E-state index contributed by atoms with van der Waals surface area (Å²) in [7, 11) is -4.78. The van der Waals surface area contributed by atoms with Crippen molar-refractivity contribution in [3.63, 3.8) is 0 Å². The largest absolute Gasteiger partial charge is 0.475 e. The second-order valence-corrected chi connectivity index (χ2v) is 21.2. The first-order chi connectivity index (χ1) is 40.0. The van der Waals surface area contributed by atoms with Crippen LogP contribution in [0.5, 0.6) is 0 Å². The summed E-state index contributed by atoms with van der Waals surface area (Å²) in [6.07, 6.45) is -11.6. The maximum Gasteiger partial charge on any atom is 0.475 e. The number of benzene rings is 3. The van der Waals surface area contributed by atoms with Crippen molar-refractivity contribution < 1.29 is 89.5 Å². The lowest BCUT2D eigenvalue weighted by atomic mass is 9.88. The van der Waals surface area contributed by atoms with Gasteiger partial charge in [-0.05, 0) is 35.1 Å². The number of esters is 4. The first-order valence-corrected chi connectivity index (χ1v) is 29.7. The first-order valence-electron chi connectivity index (χ1n) is 28.2. The van der Waals surface area contributed by atoms with E-state index in [-0.39, 0.29) is 84.5 Å². The molecule has 0 radical (unpaired) electrons. The summed E-state index contributed by atoms with van der Waals surface area (Å²) in [5.41, 5.74) is 11.1. The topological polar surface area (TPSA) is 303 Å². The molecular formula is C58H80N5O19P. The molecule has 0 aliphatic carbocycles. The number of phosphoric acid groups is 1. The van der Waals surface area contributed by atoms with Gasteiger partial charge in [-0.25, -0.2) is 4.57 Å². The minimum atomic E-state index is -4.78. The average Bonchev–Trinajstić information content (AvgIpc) is 3.68. The van der Waals surface area contributed by atoms with E-state index in [1.807, 2.05) is 30.3 Å². The number of amides is 2. The van der Waals surface area contributed by atoms with Gasteiger partial charge >= 0.3 is 31.7 Å². The van der Waals surface area contributed by atoms with Gasteiger partial charge in [-0.3, -0.25) is 42.3 Å². The van der Waals surface area contributed by atoms with Crippen molar-refractivity contribution in [1.82, 2.24) is 10.6 Å². The monoisotopic (exact) mass is 1180 g/mol. The Bertz CT molecular complexity index is 2540. The Morgan fingerprint density at radius 1 is 0.590 bits per heavy atom. The zero-order valence-electron chi connectivity index (χ0n) is 48.2. The highest BCUT2D eigenvalue weighted by atomic mass is 31.2. The van der Waals surface area contributed by atoms with Crippen LogP contribution in [-0.2, 0) is 109 Å². The first kappa shape index (κ1) is 67.5. The molecular weight excluding hydrogens is 1100 g/mol. The number of azide groups is 1. The van der Waals surface area contributed by atoms with Gasteiger partial charge in [0.05, 0.1) is 58.6 Å². The van der Waals surface area contributed by atoms with Crippen molar-refractivity contribution in [1.29, 1.82) is 0 Å². The fourth-order valence-electron chi connectivity index (χ4n) is 8.80. The molecule has 0 bridgehead atoms. The predicted octanol–water partition coefficient (Wildman–Crippen LogP) is 8.42. The lowest BCUT2D eigenvalue weighted by molar-refractivity contribution is -0.298. The van der Waals surface area contributed by atoms with Gasteiger partial charge in [-0.15, -0.1) is 0 Å². The molecule has 456 valence electrons. The van der Waals surface area contributed by atoms with Crippen molar-refractivity contribution in [3.05, 3.63) is 118 Å². The number of phosphoric ester groups is 1. The van der Waals surface area contributed by atoms with Crippen LogP contribution in [0.2, 0.25) is 0 Å². The van der Waals surface area contributed by atoms with E-state index in [9.17, 15) is 28.8 Å². The Morgan fingerprint density at radius 2 is 1.04 bits per heavy atom. The van der Waals surface area contributed by atoms with Crippen molar-refractivity contribution in [2.24, 2.45) is 11.0 Å². The molecule has 2 N–H and O–H groups in total. The quantitative estimate of drug-likeness (QED) is 0.0106. The van der Waals surface area contributed by atoms with Crippen LogP contribution in [0.25, 0.3) is 10.4 Å². The van der Waals surface area contributed by atoms with Gasteiger partial charge in [0.15, 0.2) is 18.7 Å². The van der Waals surface area contributed by atoms with E-state index >= 15 is 4.57 Å². The molecule has 0 aromatic heterocycles. The maximum absolute atomic E-state index is 15.3. The van der Waals surface area contributed by atoms with E-state index in [0.29, 0.717) is 17.5 Å². The highest BCUT2D eigenvalue weighted by molar-refractivity contribution is 7.48. The standard InChI is InChI=1S/C58H80N5O19P/c1-8-42(76-48(66)10-3)31-46(64)61-52-54(80-50(68)12-5)38(7)44(78-57(52)72-30-29-60-63-59)37-73-58-53(62-47(65)32-43(9-2)77-49(67)11-4)56(81-51(69)13-6)55(45(79-58)36-71-33-39-23-17-14-18-24-39)82-83(70,74-34-40-25-19-15-20-26-40)75-35-41-27-21-16-22-28-41/h14-28,38,42-45,52-58H,8-13,29-37H2,1-7H3,(H,61,64)(H,62,65)/t38-,42-,43-,44?,45?,52?,53?,54+,55-,56-,57-,58-/m1/s1. The highest BCUT2D eigenvalue weighted by Crippen LogP contribution is 2.54. The Labute approximate surface area is 484 Å². The lowest BCUT2D eigenvalue weighted by Crippen LogP contribution is -2.67. The maximum atomic E-state index is 15.3. The fourth-order valence-corrected chi connectivity index (χ4v) is 10.2. The smallest absolute Gasteiger partial charge is 0.462 e. The number of hydrogen-bond donors (Lipinski definition) is 2. The molecule has 2 heterocycles. The van der Waals surface area contributed by atoms with Crippen LogP contribution >= 0.6 is 7.82 Å². The number of carbonyl (C=O) groups is 6. The number of carbonyl (C=O) groups excluding carboxylic acids is 6. The minimum absolute atomic E-state index is 0.0488. The third-order valence-corrected chi connectivity index (χ3v) is 14.8. The number of nitrogens with zero attached hydrogens (tertiary/aromatic N) is 3. The van der Waals surface area contributed by atoms with Crippen LogP contribution in [0, 0.1) is 5.92 Å². The van der Waals surface area contributed by atoms with Crippen LogP contribution in [-0.4, -0.2) is 129 Å². The van der Waals surface area contributed by atoms with Crippen molar-refractivity contribution in [2.75, 3.05) is 26.4 Å². The van der Waals surface area contributed by atoms with E-state index in [1.165, 1.54) is 0 Å². The molecule has 24 nitrogen and oxygen atoms in total. The highest BCUT2D eigenvalue weighted by Gasteiger charge is 2.54. The molecule has 25 heteroatoms. The SMILES string of the molecule is CCC(=O)O[C@H](CC)CC(=O)NC1[C@H](OCCN=[N+]=[N-])OC(CO[C@@H]2OC(COCc3ccccc3)[C@@H](OP(=O)(OCc3ccccc3)OCc3ccccc3)[C@H](OC(=O)CC)C2NC(=O)C[C@@H](CC)OC(=O)CC)[C@@H](C)[C@@H]1OC(=O)CC. The van der Waals surface area contributed by atoms with Gasteiger partial charge in [-0.2, -0.15) is 0 Å². The summed E-state index contributed by atoms with van der Waals surface area (Å²) in [4.78, 5) is 82.8. The molecule has 0 spiro atoms. The van der Waals surface area contributed by atoms with Crippen LogP contribution < -0.4 is 10.6 Å². The molecule has 2 aliphatic heterocycles. The van der Waals surface area contributed by atoms with Gasteiger partial charge in [-0.1, -0.05) is 145 Å². The van der Waals surface area contributed by atoms with Crippen LogP contribution in [0.1, 0.15) is 117 Å². The molecule has 0 saturated carbocycles. The number of ether oxygens (including phenoxy) is 9. The molecule has 83 heavy (non-hydrogen) atoms. The summed E-state index contributed by atoms with van der Waals surface area (Å²) in [6, 6.07) is 24.2. The molecule has 2 saturated heterocycles. The average molecular weight is 1180 g/mol. The van der Waals surface area contributed by atoms with Gasteiger partial charge in [0.25, 0.3) is 0 Å². The molecule has 12 atom stereocenters. The molecule has 5 rings (SSSR count). The zero-order chi connectivity index (χ0) is 60.2. The van der Waals surface area contributed by atoms with E-state index in [4.69, 9.17) is 61.7 Å². The molecule has 4 unspecified atom stereocenters. The molecule has 2 amide bonds. The lowest BCUT2D eigenvalue weighted by Gasteiger charge is -2.47. The Hall–Kier alpha value is -6.30. The Balaban J connectivity index is 1.59. The van der Waals surface area contributed by atoms with Gasteiger partial charge in [0.1, 0.15) is 42.6 Å². The van der Waals surface area contributed by atoms with E-state index in [1.54, 1.807) is 109 Å². The third kappa shape index (κ3) is 22.3. The van der Waals surface area contributed by atoms with Crippen LogP contribution in [0.3, 0.4) is 0 Å². The van der Waals surface area contributed by atoms with E-state index < -0.39 is 123 Å². The van der Waals surface area contributed by atoms with Crippen LogP contribution in [0.15, 0.2) is 96.1 Å². The van der Waals surface area contributed by atoms with E-state index in [0.717, 1.165) is 5.56 Å².